The van der Waals surface area contributed by atoms with Crippen molar-refractivity contribution in [2.24, 2.45) is 0 Å². The summed E-state index contributed by atoms with van der Waals surface area (Å²) in [6.45, 7) is 6.98. The molecule has 2 aromatic rings. The van der Waals surface area contributed by atoms with E-state index in [1.807, 2.05) is 6.92 Å². The maximum atomic E-state index is 12.7. The fourth-order valence-corrected chi connectivity index (χ4v) is 5.57. The van der Waals surface area contributed by atoms with Crippen molar-refractivity contribution in [1.29, 1.82) is 0 Å². The first-order valence-electron chi connectivity index (χ1n) is 9.03. The number of benzene rings is 1. The summed E-state index contributed by atoms with van der Waals surface area (Å²) in [5, 5.41) is 14.5. The van der Waals surface area contributed by atoms with Crippen molar-refractivity contribution in [3.05, 3.63) is 18.2 Å². The smallest absolute Gasteiger partial charge is 0.243 e. The van der Waals surface area contributed by atoms with Crippen LogP contribution in [-0.2, 0) is 14.8 Å². The zero-order valence-corrected chi connectivity index (χ0v) is 19.2. The predicted octanol–water partition coefficient (Wildman–Crippen LogP) is 2.74. The van der Waals surface area contributed by atoms with E-state index in [0.717, 1.165) is 6.54 Å². The highest BCUT2D eigenvalue weighted by molar-refractivity contribution is 8.01. The SMILES string of the molecule is CCNc1nnc(SCC(=O)Nc2cc(S(=O)(=O)N(CC)CC)ccc2OC)s1. The average Bonchev–Trinajstić information content (AvgIpc) is 3.15. The van der Waals surface area contributed by atoms with E-state index in [2.05, 4.69) is 20.8 Å². The Balaban J connectivity index is 2.12. The van der Waals surface area contributed by atoms with Crippen LogP contribution in [0.3, 0.4) is 0 Å². The van der Waals surface area contributed by atoms with Gasteiger partial charge in [-0.1, -0.05) is 36.9 Å². The fourth-order valence-electron chi connectivity index (χ4n) is 2.46. The minimum Gasteiger partial charge on any atom is -0.495 e. The summed E-state index contributed by atoms with van der Waals surface area (Å²) < 4.78 is 32.8. The molecule has 0 aliphatic rings. The summed E-state index contributed by atoms with van der Waals surface area (Å²) in [6, 6.07) is 4.43. The molecule has 0 unspecified atom stereocenters. The Bertz CT molecular complexity index is 929. The molecule has 1 aromatic heterocycles. The molecule has 160 valence electrons. The molecule has 2 N–H and O–H groups in total. The Labute approximate surface area is 179 Å². The molecule has 0 bridgehead atoms. The van der Waals surface area contributed by atoms with Gasteiger partial charge in [0.1, 0.15) is 5.75 Å². The maximum absolute atomic E-state index is 12.7. The van der Waals surface area contributed by atoms with Crippen LogP contribution in [0.5, 0.6) is 5.75 Å². The van der Waals surface area contributed by atoms with Crippen LogP contribution < -0.4 is 15.4 Å². The Morgan fingerprint density at radius 2 is 1.97 bits per heavy atom. The molecule has 0 radical (unpaired) electrons. The first-order valence-corrected chi connectivity index (χ1v) is 12.3. The van der Waals surface area contributed by atoms with Crippen LogP contribution in [0.1, 0.15) is 20.8 Å². The van der Waals surface area contributed by atoms with Gasteiger partial charge in [0, 0.05) is 19.6 Å². The first-order chi connectivity index (χ1) is 13.8. The minimum atomic E-state index is -3.64. The number of nitrogens with one attached hydrogen (secondary N) is 2. The number of ether oxygens (including phenoxy) is 1. The number of hydrogen-bond donors (Lipinski definition) is 2. The highest BCUT2D eigenvalue weighted by Gasteiger charge is 2.23. The third-order valence-corrected chi connectivity index (χ3v) is 7.91. The molecule has 2 rings (SSSR count). The van der Waals surface area contributed by atoms with Crippen molar-refractivity contribution >= 4 is 49.8 Å². The Kier molecular flexibility index (Phi) is 8.68. The second kappa shape index (κ2) is 10.8. The van der Waals surface area contributed by atoms with Crippen LogP contribution in [0.25, 0.3) is 0 Å². The summed E-state index contributed by atoms with van der Waals surface area (Å²) in [7, 11) is -2.18. The lowest BCUT2D eigenvalue weighted by molar-refractivity contribution is -0.113. The normalized spacial score (nSPS) is 11.5. The molecule has 0 saturated heterocycles. The molecule has 29 heavy (non-hydrogen) atoms. The number of sulfonamides is 1. The van der Waals surface area contributed by atoms with Gasteiger partial charge in [-0.05, 0) is 25.1 Å². The Hall–Kier alpha value is -1.89. The van der Waals surface area contributed by atoms with Gasteiger partial charge in [0.05, 0.1) is 23.4 Å². The van der Waals surface area contributed by atoms with E-state index in [1.165, 1.54) is 52.7 Å². The quantitative estimate of drug-likeness (QED) is 0.493. The summed E-state index contributed by atoms with van der Waals surface area (Å²) in [5.41, 5.74) is 0.303. The van der Waals surface area contributed by atoms with Gasteiger partial charge >= 0.3 is 0 Å². The predicted molar refractivity (Wildman–Crippen MR) is 117 cm³/mol. The van der Waals surface area contributed by atoms with Crippen LogP contribution in [0.2, 0.25) is 0 Å². The second-order valence-electron chi connectivity index (χ2n) is 5.69. The average molecular weight is 460 g/mol. The molecule has 9 nitrogen and oxygen atoms in total. The lowest BCUT2D eigenvalue weighted by Gasteiger charge is -2.19. The maximum Gasteiger partial charge on any atom is 0.243 e. The van der Waals surface area contributed by atoms with E-state index in [1.54, 1.807) is 13.8 Å². The lowest BCUT2D eigenvalue weighted by Crippen LogP contribution is -2.30. The summed E-state index contributed by atoms with van der Waals surface area (Å²) >= 11 is 2.62. The van der Waals surface area contributed by atoms with Crippen molar-refractivity contribution in [2.75, 3.05) is 43.1 Å². The van der Waals surface area contributed by atoms with Crippen LogP contribution in [0.4, 0.5) is 10.8 Å². The Morgan fingerprint density at radius 3 is 2.59 bits per heavy atom. The third kappa shape index (κ3) is 6.04. The highest BCUT2D eigenvalue weighted by Crippen LogP contribution is 2.30. The molecule has 0 aliphatic heterocycles. The van der Waals surface area contributed by atoms with E-state index >= 15 is 0 Å². The van der Waals surface area contributed by atoms with Crippen LogP contribution >= 0.6 is 23.1 Å². The second-order valence-corrected chi connectivity index (χ2v) is 9.83. The van der Waals surface area contributed by atoms with Gasteiger partial charge in [-0.25, -0.2) is 8.42 Å². The molecule has 0 atom stereocenters. The topological polar surface area (TPSA) is 114 Å². The van der Waals surface area contributed by atoms with Gasteiger partial charge in [0.25, 0.3) is 0 Å². The number of carbonyl (C=O) groups is 1. The van der Waals surface area contributed by atoms with Crippen molar-refractivity contribution < 1.29 is 17.9 Å². The van der Waals surface area contributed by atoms with Crippen molar-refractivity contribution in [2.45, 2.75) is 30.0 Å². The molecule has 0 aliphatic carbocycles. The molecule has 0 spiro atoms. The number of anilines is 2. The van der Waals surface area contributed by atoms with Gasteiger partial charge in [0.15, 0.2) is 4.34 Å². The number of nitrogens with zero attached hydrogens (tertiary/aromatic N) is 3. The van der Waals surface area contributed by atoms with E-state index in [-0.39, 0.29) is 16.6 Å². The molecular formula is C17H25N5O4S3. The van der Waals surface area contributed by atoms with Crippen LogP contribution in [0.15, 0.2) is 27.4 Å². The number of amides is 1. The van der Waals surface area contributed by atoms with Gasteiger partial charge in [-0.15, -0.1) is 10.2 Å². The highest BCUT2D eigenvalue weighted by atomic mass is 32.2. The number of thioether (sulfide) groups is 1. The number of hydrogen-bond acceptors (Lipinski definition) is 9. The molecule has 0 saturated carbocycles. The van der Waals surface area contributed by atoms with Crippen molar-refractivity contribution in [3.63, 3.8) is 0 Å². The molecule has 1 aromatic carbocycles. The van der Waals surface area contributed by atoms with E-state index in [4.69, 9.17) is 4.74 Å². The molecule has 0 fully saturated rings. The zero-order chi connectivity index (χ0) is 21.4. The number of rotatable bonds is 11. The van der Waals surface area contributed by atoms with E-state index in [9.17, 15) is 13.2 Å². The van der Waals surface area contributed by atoms with E-state index in [0.29, 0.717) is 34.0 Å². The summed E-state index contributed by atoms with van der Waals surface area (Å²) in [5.74, 6) is 0.190. The van der Waals surface area contributed by atoms with Gasteiger partial charge in [-0.3, -0.25) is 4.79 Å². The van der Waals surface area contributed by atoms with Crippen LogP contribution in [0, 0.1) is 0 Å². The minimum absolute atomic E-state index is 0.101. The fraction of sp³-hybridized carbons (Fsp3) is 0.471. The van der Waals surface area contributed by atoms with Crippen LogP contribution in [-0.4, -0.2) is 61.3 Å². The standard InChI is InChI=1S/C17H25N5O4S3/c1-5-18-16-20-21-17(28-16)27-11-15(23)19-13-10-12(8-9-14(13)26-4)29(24,25)22(6-2)7-3/h8-10H,5-7,11H2,1-4H3,(H,18,20)(H,19,23). The number of carbonyl (C=O) groups excluding carboxylic acids is 1. The third-order valence-electron chi connectivity index (χ3n) is 3.85. The largest absolute Gasteiger partial charge is 0.495 e. The van der Waals surface area contributed by atoms with Gasteiger partial charge < -0.3 is 15.4 Å². The summed E-state index contributed by atoms with van der Waals surface area (Å²) in [4.78, 5) is 12.5. The monoisotopic (exact) mass is 459 g/mol. The summed E-state index contributed by atoms with van der Waals surface area (Å²) in [6.07, 6.45) is 0. The van der Waals surface area contributed by atoms with Crippen molar-refractivity contribution in [1.82, 2.24) is 14.5 Å². The van der Waals surface area contributed by atoms with Gasteiger partial charge in [0.2, 0.25) is 21.1 Å². The van der Waals surface area contributed by atoms with Gasteiger partial charge in [-0.2, -0.15) is 4.31 Å². The first kappa shape index (κ1) is 23.4. The lowest BCUT2D eigenvalue weighted by atomic mass is 10.3. The molecule has 1 heterocycles. The zero-order valence-electron chi connectivity index (χ0n) is 16.8. The number of methoxy groups -OCH3 is 1. The Morgan fingerprint density at radius 1 is 1.24 bits per heavy atom. The number of aromatic nitrogens is 2. The molecule has 1 amide bonds. The van der Waals surface area contributed by atoms with Crippen molar-refractivity contribution in [3.8, 4) is 5.75 Å². The molecule has 12 heteroatoms. The molecular weight excluding hydrogens is 434 g/mol. The van der Waals surface area contributed by atoms with E-state index < -0.39 is 10.0 Å².